The Labute approximate surface area is 310 Å². The number of anilines is 1. The maximum Gasteiger partial charge on any atom is 0.130 e. The van der Waals surface area contributed by atoms with E-state index in [2.05, 4.69) is 198 Å². The van der Waals surface area contributed by atoms with Crippen molar-refractivity contribution in [2.24, 2.45) is 11.8 Å². The molecule has 52 heavy (non-hydrogen) atoms. The topological polar surface area (TPSA) is 15.7 Å². The summed E-state index contributed by atoms with van der Waals surface area (Å²) in [5, 5.41) is 0.914. The van der Waals surface area contributed by atoms with E-state index in [0.29, 0.717) is 28.4 Å². The van der Waals surface area contributed by atoms with Gasteiger partial charge < -0.3 is 14.5 Å². The van der Waals surface area contributed by atoms with Gasteiger partial charge >= 0.3 is 0 Å². The summed E-state index contributed by atoms with van der Waals surface area (Å²) >= 11 is 2.12. The van der Waals surface area contributed by atoms with E-state index in [4.69, 9.17) is 4.74 Å². The molecule has 254 valence electrons. The molecule has 3 aliphatic heterocycles. The van der Waals surface area contributed by atoms with E-state index in [1.54, 1.807) is 0 Å². The number of thioether (sulfide) groups is 1. The summed E-state index contributed by atoms with van der Waals surface area (Å²) in [6.45, 7) is 0. The molecule has 8 aliphatic rings. The SMILES string of the molecule is C1=CCC(N2c3ccc(-c4ccccc4)cc3C3C=C(N(C4=CC=CC5Oc6ccccc6C45)C4=CC=CC5SC6C=CC=CC6C45)C=CC32)C=C1. The highest BCUT2D eigenvalue weighted by Crippen LogP contribution is 2.56. The van der Waals surface area contributed by atoms with Crippen LogP contribution in [0.5, 0.6) is 5.75 Å². The number of allylic oxidation sites excluding steroid dienone is 11. The highest BCUT2D eigenvalue weighted by molar-refractivity contribution is 8.01. The van der Waals surface area contributed by atoms with Crippen LogP contribution >= 0.6 is 11.8 Å². The number of rotatable bonds is 5. The van der Waals surface area contributed by atoms with Crippen molar-refractivity contribution < 1.29 is 4.74 Å². The van der Waals surface area contributed by atoms with Gasteiger partial charge in [-0.1, -0.05) is 134 Å². The molecule has 3 heterocycles. The third-order valence-electron chi connectivity index (χ3n) is 12.2. The zero-order chi connectivity index (χ0) is 34.2. The quantitative estimate of drug-likeness (QED) is 0.264. The zero-order valence-electron chi connectivity index (χ0n) is 28.9. The Morgan fingerprint density at radius 3 is 2.44 bits per heavy atom. The fourth-order valence-corrected chi connectivity index (χ4v) is 11.6. The smallest absolute Gasteiger partial charge is 0.130 e. The highest BCUT2D eigenvalue weighted by Gasteiger charge is 2.49. The molecule has 0 spiro atoms. The van der Waals surface area contributed by atoms with Crippen LogP contribution in [0.4, 0.5) is 5.69 Å². The zero-order valence-corrected chi connectivity index (χ0v) is 29.7. The lowest BCUT2D eigenvalue weighted by Gasteiger charge is -2.42. The Bertz CT molecular complexity index is 2270. The van der Waals surface area contributed by atoms with Gasteiger partial charge in [0.05, 0.1) is 18.0 Å². The second-order valence-electron chi connectivity index (χ2n) is 15.0. The van der Waals surface area contributed by atoms with Gasteiger partial charge in [0.15, 0.2) is 0 Å². The van der Waals surface area contributed by atoms with Crippen LogP contribution in [-0.4, -0.2) is 33.6 Å². The van der Waals surface area contributed by atoms with E-state index in [1.165, 1.54) is 45.0 Å². The van der Waals surface area contributed by atoms with E-state index in [-0.39, 0.29) is 24.0 Å². The maximum atomic E-state index is 6.62. The number of ether oxygens (including phenoxy) is 1. The predicted octanol–water partition coefficient (Wildman–Crippen LogP) is 10.6. The third kappa shape index (κ3) is 4.73. The second-order valence-corrected chi connectivity index (χ2v) is 16.3. The molecule has 0 amide bonds. The van der Waals surface area contributed by atoms with Gasteiger partial charge in [0, 0.05) is 56.6 Å². The molecule has 11 rings (SSSR count). The lowest BCUT2D eigenvalue weighted by atomic mass is 9.78. The maximum absolute atomic E-state index is 6.62. The van der Waals surface area contributed by atoms with Crippen LogP contribution in [0.25, 0.3) is 11.1 Å². The first-order chi connectivity index (χ1) is 25.8. The number of fused-ring (bicyclic) bond motifs is 9. The number of hydrogen-bond acceptors (Lipinski definition) is 4. The van der Waals surface area contributed by atoms with Gasteiger partial charge in [-0.15, -0.1) is 11.8 Å². The van der Waals surface area contributed by atoms with Gasteiger partial charge in [-0.05, 0) is 65.6 Å². The number of para-hydroxylation sites is 1. The number of nitrogens with zero attached hydrogens (tertiary/aromatic N) is 2. The van der Waals surface area contributed by atoms with Crippen LogP contribution in [0.3, 0.4) is 0 Å². The van der Waals surface area contributed by atoms with E-state index in [0.717, 1.165) is 12.2 Å². The van der Waals surface area contributed by atoms with Crippen LogP contribution in [0, 0.1) is 11.8 Å². The predicted molar refractivity (Wildman–Crippen MR) is 215 cm³/mol. The average molecular weight is 693 g/mol. The van der Waals surface area contributed by atoms with Crippen LogP contribution < -0.4 is 9.64 Å². The third-order valence-corrected chi connectivity index (χ3v) is 13.8. The monoisotopic (exact) mass is 692 g/mol. The van der Waals surface area contributed by atoms with Crippen LogP contribution in [0.15, 0.2) is 193 Å². The second kappa shape index (κ2) is 12.2. The first-order valence-electron chi connectivity index (χ1n) is 18.8. The average Bonchev–Trinajstić information content (AvgIpc) is 3.88. The summed E-state index contributed by atoms with van der Waals surface area (Å²) in [5.74, 6) is 2.14. The van der Waals surface area contributed by atoms with Crippen molar-refractivity contribution >= 4 is 17.4 Å². The Morgan fingerprint density at radius 1 is 0.692 bits per heavy atom. The van der Waals surface area contributed by atoms with Crippen molar-refractivity contribution in [1.82, 2.24) is 4.90 Å². The number of hydrogen-bond donors (Lipinski definition) is 0. The van der Waals surface area contributed by atoms with E-state index in [1.807, 2.05) is 0 Å². The van der Waals surface area contributed by atoms with E-state index < -0.39 is 0 Å². The van der Waals surface area contributed by atoms with Gasteiger partial charge in [0.1, 0.15) is 11.9 Å². The summed E-state index contributed by atoms with van der Waals surface area (Å²) in [4.78, 5) is 5.33. The van der Waals surface area contributed by atoms with Crippen molar-refractivity contribution in [2.75, 3.05) is 4.90 Å². The molecular weight excluding hydrogens is 653 g/mol. The largest absolute Gasteiger partial charge is 0.485 e. The first-order valence-corrected chi connectivity index (χ1v) is 19.8. The fraction of sp³-hybridized carbons (Fsp3) is 0.208. The molecule has 0 bridgehead atoms. The molecular formula is C48H40N2OS. The van der Waals surface area contributed by atoms with Crippen molar-refractivity contribution in [2.45, 2.75) is 46.9 Å². The molecule has 0 aromatic heterocycles. The van der Waals surface area contributed by atoms with Crippen LogP contribution in [0.1, 0.15) is 29.4 Å². The summed E-state index contributed by atoms with van der Waals surface area (Å²) in [5.41, 5.74) is 10.5. The van der Waals surface area contributed by atoms with Crippen molar-refractivity contribution in [3.05, 3.63) is 204 Å². The molecule has 4 heteroatoms. The normalized spacial score (nSPS) is 32.2. The number of benzene rings is 3. The van der Waals surface area contributed by atoms with Crippen LogP contribution in [0.2, 0.25) is 0 Å². The van der Waals surface area contributed by atoms with Gasteiger partial charge in [-0.2, -0.15) is 0 Å². The summed E-state index contributed by atoms with van der Waals surface area (Å²) in [6.07, 6.45) is 41.0. The van der Waals surface area contributed by atoms with Crippen molar-refractivity contribution in [3.8, 4) is 16.9 Å². The summed E-state index contributed by atoms with van der Waals surface area (Å²) < 4.78 is 6.62. The fourth-order valence-electron chi connectivity index (χ4n) is 9.97. The Kier molecular flexibility index (Phi) is 7.14. The molecule has 3 nitrogen and oxygen atoms in total. The molecule has 0 radical (unpaired) electrons. The molecule has 9 atom stereocenters. The molecule has 3 aromatic rings. The van der Waals surface area contributed by atoms with Gasteiger partial charge in [-0.3, -0.25) is 0 Å². The molecule has 1 saturated heterocycles. The van der Waals surface area contributed by atoms with Crippen molar-refractivity contribution in [3.63, 3.8) is 0 Å². The first kappa shape index (κ1) is 30.4. The van der Waals surface area contributed by atoms with Gasteiger partial charge in [-0.25, -0.2) is 0 Å². The van der Waals surface area contributed by atoms with Crippen molar-refractivity contribution in [1.29, 1.82) is 0 Å². The lowest BCUT2D eigenvalue weighted by Crippen LogP contribution is -2.42. The minimum atomic E-state index is -0.0261. The Morgan fingerprint density at radius 2 is 1.52 bits per heavy atom. The Hall–Kier alpha value is -5.19. The van der Waals surface area contributed by atoms with E-state index in [9.17, 15) is 0 Å². The molecule has 5 aliphatic carbocycles. The minimum absolute atomic E-state index is 0.0261. The molecule has 9 unspecified atom stereocenters. The highest BCUT2D eigenvalue weighted by atomic mass is 32.2. The minimum Gasteiger partial charge on any atom is -0.485 e. The standard InChI is InChI=1S/C48H40N2OS/c1-3-13-31(14-4-1)32-25-27-39-37(29-32)38-30-34(26-28-40(38)49(39)33-15-5-2-6-16-33)50(41-19-11-22-44-47(41)35-17-7-9-21-43(35)51-44)42-20-12-24-46-48(42)36-18-8-10-23-45(36)52-46/h1-15,17-30,33,36,38,40,44-48H,16H2. The molecule has 3 aromatic carbocycles. The van der Waals surface area contributed by atoms with Gasteiger partial charge in [0.2, 0.25) is 0 Å². The van der Waals surface area contributed by atoms with E-state index >= 15 is 0 Å². The van der Waals surface area contributed by atoms with Gasteiger partial charge in [0.25, 0.3) is 0 Å². The van der Waals surface area contributed by atoms with Crippen LogP contribution in [-0.2, 0) is 0 Å². The summed E-state index contributed by atoms with van der Waals surface area (Å²) in [7, 11) is 0. The lowest BCUT2D eigenvalue weighted by molar-refractivity contribution is 0.248. The summed E-state index contributed by atoms with van der Waals surface area (Å²) in [6, 6.07) is 27.2. The Balaban J connectivity index is 1.07. The molecule has 1 fully saturated rings. The molecule has 0 saturated carbocycles. The molecule has 0 N–H and O–H groups in total.